The van der Waals surface area contributed by atoms with E-state index in [-0.39, 0.29) is 11.9 Å². The van der Waals surface area contributed by atoms with Gasteiger partial charge in [0.1, 0.15) is 0 Å². The van der Waals surface area contributed by atoms with Gasteiger partial charge < -0.3 is 5.32 Å². The lowest BCUT2D eigenvalue weighted by atomic mass is 9.93. The molecule has 1 aliphatic carbocycles. The summed E-state index contributed by atoms with van der Waals surface area (Å²) < 4.78 is 0. The van der Waals surface area contributed by atoms with Crippen molar-refractivity contribution < 1.29 is 4.79 Å². The Kier molecular flexibility index (Phi) is 3.59. The maximum atomic E-state index is 11.6. The van der Waals surface area contributed by atoms with Crippen molar-refractivity contribution >= 4 is 5.91 Å². The minimum atomic E-state index is 0.190. The first-order chi connectivity index (χ1) is 7.79. The summed E-state index contributed by atoms with van der Waals surface area (Å²) in [5.41, 5.74) is 2.49. The third-order valence-corrected chi connectivity index (χ3v) is 3.14. The highest BCUT2D eigenvalue weighted by atomic mass is 16.1. The largest absolute Gasteiger partial charge is 0.353 e. The summed E-state index contributed by atoms with van der Waals surface area (Å²) in [7, 11) is 0. The van der Waals surface area contributed by atoms with Crippen molar-refractivity contribution in [1.82, 2.24) is 15.5 Å². The van der Waals surface area contributed by atoms with Crippen LogP contribution in [-0.2, 0) is 17.6 Å². The minimum Gasteiger partial charge on any atom is -0.353 e. The van der Waals surface area contributed by atoms with Crippen molar-refractivity contribution in [1.29, 1.82) is 0 Å². The Hall–Kier alpha value is -1.32. The highest BCUT2D eigenvalue weighted by molar-refractivity contribution is 5.76. The second-order valence-corrected chi connectivity index (χ2v) is 4.48. The van der Waals surface area contributed by atoms with Crippen LogP contribution in [0.2, 0.25) is 0 Å². The predicted molar refractivity (Wildman–Crippen MR) is 62.1 cm³/mol. The van der Waals surface area contributed by atoms with Crippen LogP contribution in [0.4, 0.5) is 0 Å². The maximum absolute atomic E-state index is 11.6. The molecular weight excluding hydrogens is 202 g/mol. The lowest BCUT2D eigenvalue weighted by Gasteiger charge is -2.22. The molecule has 1 unspecified atom stereocenters. The van der Waals surface area contributed by atoms with Crippen molar-refractivity contribution in [3.63, 3.8) is 0 Å². The van der Waals surface area contributed by atoms with E-state index in [0.29, 0.717) is 6.42 Å². The van der Waals surface area contributed by atoms with Crippen molar-refractivity contribution in [3.05, 3.63) is 17.5 Å². The molecule has 4 heteroatoms. The van der Waals surface area contributed by atoms with E-state index < -0.39 is 0 Å². The number of nitrogens with one attached hydrogen (secondary N) is 2. The number of hydrogen-bond donors (Lipinski definition) is 2. The molecule has 1 aromatic rings. The molecule has 1 atom stereocenters. The molecule has 88 valence electrons. The third kappa shape index (κ3) is 2.62. The van der Waals surface area contributed by atoms with Crippen LogP contribution in [0.5, 0.6) is 0 Å². The smallest absolute Gasteiger partial charge is 0.220 e. The number of fused-ring (bicyclic) bond motifs is 1. The zero-order valence-corrected chi connectivity index (χ0v) is 9.75. The average Bonchev–Trinajstić information content (AvgIpc) is 2.73. The molecule has 0 aromatic carbocycles. The number of amides is 1. The van der Waals surface area contributed by atoms with E-state index in [1.165, 1.54) is 11.3 Å². The summed E-state index contributed by atoms with van der Waals surface area (Å²) in [5, 5.41) is 10.1. The first-order valence-corrected chi connectivity index (χ1v) is 6.10. The standard InChI is InChI=1S/C12H19N3O/c1-2-3-4-12(16)14-10-6-5-9-8-13-15-11(9)7-10/h8,10H,2-7H2,1H3,(H,13,15)(H,14,16). The lowest BCUT2D eigenvalue weighted by molar-refractivity contribution is -0.122. The van der Waals surface area contributed by atoms with Gasteiger partial charge in [-0.3, -0.25) is 9.89 Å². The van der Waals surface area contributed by atoms with E-state index >= 15 is 0 Å². The molecule has 1 heterocycles. The topological polar surface area (TPSA) is 57.8 Å². The van der Waals surface area contributed by atoms with Gasteiger partial charge in [-0.05, 0) is 24.8 Å². The normalized spacial score (nSPS) is 19.2. The number of unbranched alkanes of at least 4 members (excludes halogenated alkanes) is 1. The van der Waals surface area contributed by atoms with Gasteiger partial charge in [-0.25, -0.2) is 0 Å². The molecule has 0 bridgehead atoms. The molecule has 1 aliphatic rings. The fourth-order valence-electron chi connectivity index (χ4n) is 2.17. The number of carbonyl (C=O) groups is 1. The van der Waals surface area contributed by atoms with Crippen LogP contribution >= 0.6 is 0 Å². The van der Waals surface area contributed by atoms with Crippen LogP contribution in [-0.4, -0.2) is 22.1 Å². The molecule has 0 fully saturated rings. The number of hydrogen-bond acceptors (Lipinski definition) is 2. The van der Waals surface area contributed by atoms with Crippen LogP contribution < -0.4 is 5.32 Å². The van der Waals surface area contributed by atoms with Crippen molar-refractivity contribution in [2.24, 2.45) is 0 Å². The zero-order valence-electron chi connectivity index (χ0n) is 9.75. The number of aryl methyl sites for hydroxylation is 1. The monoisotopic (exact) mass is 221 g/mol. The van der Waals surface area contributed by atoms with E-state index in [1.807, 2.05) is 6.20 Å². The molecule has 0 saturated heterocycles. The van der Waals surface area contributed by atoms with E-state index in [0.717, 1.165) is 32.1 Å². The van der Waals surface area contributed by atoms with Crippen LogP contribution in [0, 0.1) is 0 Å². The quantitative estimate of drug-likeness (QED) is 0.811. The summed E-state index contributed by atoms with van der Waals surface area (Å²) in [4.78, 5) is 11.6. The van der Waals surface area contributed by atoms with Crippen LogP contribution in [0.1, 0.15) is 43.9 Å². The fraction of sp³-hybridized carbons (Fsp3) is 0.667. The van der Waals surface area contributed by atoms with E-state index in [2.05, 4.69) is 22.4 Å². The average molecular weight is 221 g/mol. The summed E-state index contributed by atoms with van der Waals surface area (Å²) >= 11 is 0. The molecule has 2 N–H and O–H groups in total. The molecule has 4 nitrogen and oxygen atoms in total. The minimum absolute atomic E-state index is 0.190. The Bertz CT molecular complexity index is 359. The van der Waals surface area contributed by atoms with Gasteiger partial charge >= 0.3 is 0 Å². The molecule has 0 spiro atoms. The van der Waals surface area contributed by atoms with Crippen LogP contribution in [0.15, 0.2) is 6.20 Å². The zero-order chi connectivity index (χ0) is 11.4. The Labute approximate surface area is 95.8 Å². The second-order valence-electron chi connectivity index (χ2n) is 4.48. The fourth-order valence-corrected chi connectivity index (χ4v) is 2.17. The molecule has 16 heavy (non-hydrogen) atoms. The molecule has 0 radical (unpaired) electrons. The van der Waals surface area contributed by atoms with Gasteiger partial charge in [0, 0.05) is 24.6 Å². The number of nitrogens with zero attached hydrogens (tertiary/aromatic N) is 1. The van der Waals surface area contributed by atoms with Gasteiger partial charge in [0.05, 0.1) is 6.20 Å². The third-order valence-electron chi connectivity index (χ3n) is 3.14. The van der Waals surface area contributed by atoms with Gasteiger partial charge in [0.25, 0.3) is 0 Å². The molecule has 0 saturated carbocycles. The number of aromatic nitrogens is 2. The number of H-pyrrole nitrogens is 1. The molecular formula is C12H19N3O. The second kappa shape index (κ2) is 5.14. The molecule has 1 aromatic heterocycles. The van der Waals surface area contributed by atoms with Crippen molar-refractivity contribution in [3.8, 4) is 0 Å². The van der Waals surface area contributed by atoms with Gasteiger partial charge in [0.2, 0.25) is 5.91 Å². The van der Waals surface area contributed by atoms with E-state index in [1.54, 1.807) is 0 Å². The lowest BCUT2D eigenvalue weighted by Crippen LogP contribution is -2.38. The molecule has 1 amide bonds. The van der Waals surface area contributed by atoms with Gasteiger partial charge in [-0.2, -0.15) is 5.10 Å². The highest BCUT2D eigenvalue weighted by Gasteiger charge is 2.21. The highest BCUT2D eigenvalue weighted by Crippen LogP contribution is 2.18. The van der Waals surface area contributed by atoms with E-state index in [9.17, 15) is 4.79 Å². The summed E-state index contributed by atoms with van der Waals surface area (Å²) in [6.45, 7) is 2.10. The van der Waals surface area contributed by atoms with Crippen molar-refractivity contribution in [2.45, 2.75) is 51.5 Å². The SMILES string of the molecule is CCCCC(=O)NC1CCc2cn[nH]c2C1. The Morgan fingerprint density at radius 1 is 1.69 bits per heavy atom. The number of aromatic amines is 1. The van der Waals surface area contributed by atoms with Gasteiger partial charge in [-0.1, -0.05) is 13.3 Å². The van der Waals surface area contributed by atoms with Crippen LogP contribution in [0.25, 0.3) is 0 Å². The van der Waals surface area contributed by atoms with Gasteiger partial charge in [-0.15, -0.1) is 0 Å². The Morgan fingerprint density at radius 2 is 2.56 bits per heavy atom. The van der Waals surface area contributed by atoms with Crippen LogP contribution in [0.3, 0.4) is 0 Å². The maximum Gasteiger partial charge on any atom is 0.220 e. The Morgan fingerprint density at radius 3 is 3.38 bits per heavy atom. The summed E-state index contributed by atoms with van der Waals surface area (Å²) in [6, 6.07) is 0.289. The van der Waals surface area contributed by atoms with E-state index in [4.69, 9.17) is 0 Å². The summed E-state index contributed by atoms with van der Waals surface area (Å²) in [5.74, 6) is 0.190. The molecule has 0 aliphatic heterocycles. The first-order valence-electron chi connectivity index (χ1n) is 6.10. The van der Waals surface area contributed by atoms with Crippen molar-refractivity contribution in [2.75, 3.05) is 0 Å². The predicted octanol–water partition coefficient (Wildman–Crippen LogP) is 1.57. The van der Waals surface area contributed by atoms with Gasteiger partial charge in [0.15, 0.2) is 0 Å². The Balaban J connectivity index is 1.82. The number of rotatable bonds is 4. The molecule has 2 rings (SSSR count). The first kappa shape index (κ1) is 11.2. The number of carbonyl (C=O) groups excluding carboxylic acids is 1. The summed E-state index contributed by atoms with van der Waals surface area (Å²) in [6.07, 6.45) is 7.55.